The maximum absolute atomic E-state index is 14.9. The number of methoxy groups -OCH3 is 1. The van der Waals surface area contributed by atoms with Crippen molar-refractivity contribution >= 4 is 5.91 Å². The maximum Gasteiger partial charge on any atom is 0.222 e. The second kappa shape index (κ2) is 13.7. The first-order valence-corrected chi connectivity index (χ1v) is 13.8. The van der Waals surface area contributed by atoms with Crippen molar-refractivity contribution in [1.29, 1.82) is 0 Å². The largest absolute Gasteiger partial charge is 0.385 e. The number of aliphatic hydroxyl groups is 1. The predicted molar refractivity (Wildman–Crippen MR) is 138 cm³/mol. The molecule has 1 heterocycles. The summed E-state index contributed by atoms with van der Waals surface area (Å²) in [5, 5.41) is 11.9. The molecular formula is C29H47FN2O3. The molecule has 1 saturated heterocycles. The Morgan fingerprint density at radius 1 is 1.20 bits per heavy atom. The summed E-state index contributed by atoms with van der Waals surface area (Å²) in [6.45, 7) is 3.80. The summed E-state index contributed by atoms with van der Waals surface area (Å²) in [5.74, 6) is 0.412. The third-order valence-corrected chi connectivity index (χ3v) is 8.49. The molecule has 6 heteroatoms. The molecule has 1 amide bonds. The maximum atomic E-state index is 14.9. The predicted octanol–water partition coefficient (Wildman–Crippen LogP) is 5.39. The van der Waals surface area contributed by atoms with Gasteiger partial charge < -0.3 is 20.5 Å². The minimum Gasteiger partial charge on any atom is -0.385 e. The van der Waals surface area contributed by atoms with Crippen molar-refractivity contribution in [2.45, 2.75) is 95.6 Å². The van der Waals surface area contributed by atoms with Crippen molar-refractivity contribution in [3.8, 4) is 0 Å². The van der Waals surface area contributed by atoms with Gasteiger partial charge in [-0.15, -0.1) is 0 Å². The molecule has 1 saturated carbocycles. The van der Waals surface area contributed by atoms with Crippen molar-refractivity contribution in [3.63, 3.8) is 0 Å². The van der Waals surface area contributed by atoms with Gasteiger partial charge in [0.2, 0.25) is 5.91 Å². The molecule has 0 bridgehead atoms. The van der Waals surface area contributed by atoms with Gasteiger partial charge in [0.25, 0.3) is 0 Å². The Labute approximate surface area is 211 Å². The van der Waals surface area contributed by atoms with E-state index in [9.17, 15) is 14.3 Å². The van der Waals surface area contributed by atoms with Crippen LogP contribution in [0.15, 0.2) is 24.3 Å². The number of hydrogen-bond donors (Lipinski definition) is 2. The van der Waals surface area contributed by atoms with E-state index in [-0.39, 0.29) is 29.6 Å². The summed E-state index contributed by atoms with van der Waals surface area (Å²) in [6.07, 6.45) is 11.5. The number of unbranched alkanes of at least 4 members (excludes halogenated alkanes) is 1. The lowest BCUT2D eigenvalue weighted by Crippen LogP contribution is -2.49. The van der Waals surface area contributed by atoms with E-state index in [1.165, 1.54) is 38.2 Å². The van der Waals surface area contributed by atoms with Gasteiger partial charge in [-0.05, 0) is 63.4 Å². The first kappa shape index (κ1) is 28.1. The Hall–Kier alpha value is -1.50. The standard InChI is InChI=1S/C29H47FN2O3/c1-22(31)24(19-23-11-4-3-5-12-23)20-28(33)32-17-10-13-25(21-32)29(34,16-8-9-18-35-2)26-14-6-7-15-27(26)30/h6-7,14-15,22-25,34H,3-5,8-13,16-21,31H2,1-2H3/t22-,24+,25+,29-/m0/s1. The number of nitrogens with zero attached hydrogens (tertiary/aromatic N) is 1. The van der Waals surface area contributed by atoms with Crippen LogP contribution in [0.5, 0.6) is 0 Å². The minimum atomic E-state index is -1.30. The Balaban J connectivity index is 1.70. The lowest BCUT2D eigenvalue weighted by molar-refractivity contribution is -0.138. The molecule has 1 aliphatic heterocycles. The van der Waals surface area contributed by atoms with Crippen molar-refractivity contribution in [2.24, 2.45) is 23.5 Å². The number of carbonyl (C=O) groups excluding carboxylic acids is 1. The number of nitrogens with two attached hydrogens (primary N) is 1. The van der Waals surface area contributed by atoms with Crippen LogP contribution in [-0.4, -0.2) is 48.8 Å². The monoisotopic (exact) mass is 490 g/mol. The Morgan fingerprint density at radius 2 is 1.94 bits per heavy atom. The molecule has 0 spiro atoms. The fourth-order valence-electron chi connectivity index (χ4n) is 6.29. The minimum absolute atomic E-state index is 0.0161. The van der Waals surface area contributed by atoms with Crippen LogP contribution in [0, 0.1) is 23.6 Å². The van der Waals surface area contributed by atoms with Crippen LogP contribution in [0.25, 0.3) is 0 Å². The van der Waals surface area contributed by atoms with Crippen LogP contribution in [0.3, 0.4) is 0 Å². The highest BCUT2D eigenvalue weighted by atomic mass is 19.1. The molecule has 1 aromatic carbocycles. The number of benzene rings is 1. The molecule has 5 nitrogen and oxygen atoms in total. The van der Waals surface area contributed by atoms with E-state index in [0.717, 1.165) is 32.1 Å². The number of halogens is 1. The smallest absolute Gasteiger partial charge is 0.222 e. The molecule has 1 aliphatic carbocycles. The SMILES string of the molecule is COCCCC[C@@](O)(c1ccccc1F)[C@@H]1CCCN(C(=O)C[C@@H](CC2CCCCC2)[C@H](C)N)C1. The van der Waals surface area contributed by atoms with Gasteiger partial charge in [-0.25, -0.2) is 4.39 Å². The molecule has 1 aromatic rings. The average molecular weight is 491 g/mol. The van der Waals surface area contributed by atoms with Gasteiger partial charge in [-0.2, -0.15) is 0 Å². The highest BCUT2D eigenvalue weighted by Crippen LogP contribution is 2.41. The highest BCUT2D eigenvalue weighted by molar-refractivity contribution is 5.76. The number of amides is 1. The van der Waals surface area contributed by atoms with E-state index in [2.05, 4.69) is 0 Å². The Kier molecular flexibility index (Phi) is 11.0. The topological polar surface area (TPSA) is 75.8 Å². The van der Waals surface area contributed by atoms with Crippen molar-refractivity contribution in [2.75, 3.05) is 26.8 Å². The van der Waals surface area contributed by atoms with Gasteiger partial charge in [-0.3, -0.25) is 4.79 Å². The molecule has 4 atom stereocenters. The fourth-order valence-corrected chi connectivity index (χ4v) is 6.29. The number of hydrogen-bond acceptors (Lipinski definition) is 4. The number of piperidine rings is 1. The summed E-state index contributed by atoms with van der Waals surface area (Å²) >= 11 is 0. The zero-order valence-electron chi connectivity index (χ0n) is 21.9. The zero-order chi connectivity index (χ0) is 25.3. The van der Waals surface area contributed by atoms with E-state index in [1.54, 1.807) is 25.3 Å². The number of rotatable bonds is 12. The van der Waals surface area contributed by atoms with Crippen molar-refractivity contribution < 1.29 is 19.0 Å². The zero-order valence-corrected chi connectivity index (χ0v) is 21.9. The summed E-state index contributed by atoms with van der Waals surface area (Å²) in [6, 6.07) is 6.53. The molecule has 0 aromatic heterocycles. The second-order valence-electron chi connectivity index (χ2n) is 11.1. The van der Waals surface area contributed by atoms with Crippen molar-refractivity contribution in [1.82, 2.24) is 4.90 Å². The summed E-state index contributed by atoms with van der Waals surface area (Å²) in [7, 11) is 1.66. The first-order chi connectivity index (χ1) is 16.8. The van der Waals surface area contributed by atoms with E-state index in [4.69, 9.17) is 10.5 Å². The van der Waals surface area contributed by atoms with Crippen LogP contribution < -0.4 is 5.73 Å². The van der Waals surface area contributed by atoms with Crippen molar-refractivity contribution in [3.05, 3.63) is 35.6 Å². The quantitative estimate of drug-likeness (QED) is 0.385. The molecule has 0 unspecified atom stereocenters. The average Bonchev–Trinajstić information content (AvgIpc) is 2.87. The summed E-state index contributed by atoms with van der Waals surface area (Å²) < 4.78 is 20.0. The molecule has 2 aliphatic rings. The highest BCUT2D eigenvalue weighted by Gasteiger charge is 2.42. The molecule has 3 N–H and O–H groups in total. The molecule has 3 rings (SSSR count). The van der Waals surface area contributed by atoms with E-state index < -0.39 is 5.60 Å². The van der Waals surface area contributed by atoms with Gasteiger partial charge >= 0.3 is 0 Å². The van der Waals surface area contributed by atoms with E-state index >= 15 is 0 Å². The summed E-state index contributed by atoms with van der Waals surface area (Å²) in [4.78, 5) is 15.3. The van der Waals surface area contributed by atoms with Gasteiger partial charge in [0.05, 0.1) is 5.60 Å². The normalized spacial score (nSPS) is 23.0. The summed E-state index contributed by atoms with van der Waals surface area (Å²) in [5.41, 5.74) is 5.38. The molecule has 0 radical (unpaired) electrons. The molecule has 198 valence electrons. The lowest BCUT2D eigenvalue weighted by atomic mass is 9.73. The number of likely N-dealkylation sites (tertiary alicyclic amines) is 1. The van der Waals surface area contributed by atoms with E-state index in [1.807, 2.05) is 11.8 Å². The van der Waals surface area contributed by atoms with Crippen LogP contribution in [0.2, 0.25) is 0 Å². The Morgan fingerprint density at radius 3 is 2.63 bits per heavy atom. The number of ether oxygens (including phenoxy) is 1. The van der Waals surface area contributed by atoms with Gasteiger partial charge in [0.15, 0.2) is 0 Å². The van der Waals surface area contributed by atoms with Gasteiger partial charge in [0, 0.05) is 50.8 Å². The van der Waals surface area contributed by atoms with Crippen LogP contribution >= 0.6 is 0 Å². The lowest BCUT2D eigenvalue weighted by Gasteiger charge is -2.43. The fraction of sp³-hybridized carbons (Fsp3) is 0.759. The third kappa shape index (κ3) is 7.74. The second-order valence-corrected chi connectivity index (χ2v) is 11.1. The van der Waals surface area contributed by atoms with Gasteiger partial charge in [0.1, 0.15) is 5.82 Å². The van der Waals surface area contributed by atoms with Gasteiger partial charge in [-0.1, -0.05) is 50.3 Å². The van der Waals surface area contributed by atoms with Crippen LogP contribution in [0.1, 0.15) is 89.5 Å². The molecule has 2 fully saturated rings. The van der Waals surface area contributed by atoms with Crippen LogP contribution in [-0.2, 0) is 15.1 Å². The first-order valence-electron chi connectivity index (χ1n) is 13.8. The number of carbonyl (C=O) groups is 1. The van der Waals surface area contributed by atoms with Crippen LogP contribution in [0.4, 0.5) is 4.39 Å². The molecular weight excluding hydrogens is 443 g/mol. The Bertz CT molecular complexity index is 783. The third-order valence-electron chi connectivity index (χ3n) is 8.49. The molecule has 35 heavy (non-hydrogen) atoms. The van der Waals surface area contributed by atoms with E-state index in [0.29, 0.717) is 44.0 Å².